The molecule has 154 valence electrons. The third kappa shape index (κ3) is 6.39. The van der Waals surface area contributed by atoms with Gasteiger partial charge in [0.25, 0.3) is 0 Å². The minimum Gasteiger partial charge on any atom is -0.494 e. The van der Waals surface area contributed by atoms with Crippen molar-refractivity contribution < 1.29 is 28.9 Å². The molecule has 0 amide bonds. The lowest BCUT2D eigenvalue weighted by Gasteiger charge is -2.20. The normalized spacial score (nSPS) is 16.3. The number of hydrogen-bond donors (Lipinski definition) is 2. The lowest BCUT2D eigenvalue weighted by molar-refractivity contribution is -0.134. The standard InChI is InChI=1S/C17H19FN2O.C4H4O4/c1-20-7-3-4-16(20)14-8-13(10-19-11-14)12-5-6-17(21-2)15(18)9-12;5-3(6)1-2-4(7)8/h5-6,8-11,16H,3-4,7H2,1-2H3;1-2H,(H,5,6)(H,7,8)/b;2-1+. The van der Waals surface area contributed by atoms with Crippen molar-refractivity contribution in [2.24, 2.45) is 0 Å². The maximum atomic E-state index is 13.8. The number of carboxylic acids is 2. The fourth-order valence-electron chi connectivity index (χ4n) is 3.12. The fourth-order valence-corrected chi connectivity index (χ4v) is 3.12. The molecule has 2 aromatic rings. The van der Waals surface area contributed by atoms with Crippen LogP contribution in [-0.2, 0) is 9.59 Å². The fraction of sp³-hybridized carbons (Fsp3) is 0.286. The van der Waals surface area contributed by atoms with Gasteiger partial charge >= 0.3 is 11.9 Å². The third-order valence-corrected chi connectivity index (χ3v) is 4.52. The van der Waals surface area contributed by atoms with E-state index in [4.69, 9.17) is 14.9 Å². The summed E-state index contributed by atoms with van der Waals surface area (Å²) in [6.07, 6.45) is 7.17. The Bertz CT molecular complexity index is 884. The summed E-state index contributed by atoms with van der Waals surface area (Å²) in [7, 11) is 3.60. The van der Waals surface area contributed by atoms with E-state index in [-0.39, 0.29) is 11.6 Å². The number of nitrogens with zero attached hydrogens (tertiary/aromatic N) is 2. The number of likely N-dealkylation sites (tertiary alicyclic amines) is 1. The SMILES string of the molecule is COc1ccc(-c2cncc(C3CCCN3C)c2)cc1F.O=C(O)/C=C/C(=O)O. The van der Waals surface area contributed by atoms with Gasteiger partial charge in [0.2, 0.25) is 0 Å². The summed E-state index contributed by atoms with van der Waals surface area (Å²) in [5.41, 5.74) is 2.96. The van der Waals surface area contributed by atoms with Crippen LogP contribution in [0.1, 0.15) is 24.4 Å². The van der Waals surface area contributed by atoms with Crippen LogP contribution in [0.4, 0.5) is 4.39 Å². The highest BCUT2D eigenvalue weighted by Gasteiger charge is 2.23. The molecule has 3 rings (SSSR count). The lowest BCUT2D eigenvalue weighted by atomic mass is 10.0. The molecule has 0 aliphatic carbocycles. The Hall–Kier alpha value is -3.26. The van der Waals surface area contributed by atoms with Crippen molar-refractivity contribution in [3.63, 3.8) is 0 Å². The van der Waals surface area contributed by atoms with Gasteiger partial charge in [0.05, 0.1) is 7.11 Å². The van der Waals surface area contributed by atoms with Crippen LogP contribution in [0.3, 0.4) is 0 Å². The van der Waals surface area contributed by atoms with Crippen molar-refractivity contribution >= 4 is 11.9 Å². The Morgan fingerprint density at radius 1 is 1.17 bits per heavy atom. The van der Waals surface area contributed by atoms with Gasteiger partial charge in [0.15, 0.2) is 11.6 Å². The molecular weight excluding hydrogens is 379 g/mol. The number of carbonyl (C=O) groups is 2. The summed E-state index contributed by atoms with van der Waals surface area (Å²) in [5.74, 6) is -2.60. The number of hydrogen-bond acceptors (Lipinski definition) is 5. The highest BCUT2D eigenvalue weighted by atomic mass is 19.1. The van der Waals surface area contributed by atoms with E-state index in [9.17, 15) is 14.0 Å². The number of rotatable bonds is 5. The molecule has 0 saturated carbocycles. The first-order valence-corrected chi connectivity index (χ1v) is 8.95. The molecule has 0 bridgehead atoms. The summed E-state index contributed by atoms with van der Waals surface area (Å²) in [5, 5.41) is 15.6. The molecule has 1 saturated heterocycles. The first kappa shape index (κ1) is 22.0. The van der Waals surface area contributed by atoms with Gasteiger partial charge in [-0.25, -0.2) is 14.0 Å². The number of aromatic nitrogens is 1. The number of halogens is 1. The zero-order valence-corrected chi connectivity index (χ0v) is 16.2. The van der Waals surface area contributed by atoms with Crippen LogP contribution >= 0.6 is 0 Å². The quantitative estimate of drug-likeness (QED) is 0.740. The largest absolute Gasteiger partial charge is 0.494 e. The molecular formula is C21H23FN2O5. The summed E-state index contributed by atoms with van der Waals surface area (Å²) < 4.78 is 18.8. The van der Waals surface area contributed by atoms with Crippen LogP contribution in [0, 0.1) is 5.82 Å². The van der Waals surface area contributed by atoms with Crippen LogP contribution in [0.15, 0.2) is 48.8 Å². The predicted molar refractivity (Wildman–Crippen MR) is 105 cm³/mol. The maximum absolute atomic E-state index is 13.8. The van der Waals surface area contributed by atoms with Crippen molar-refractivity contribution in [3.05, 3.63) is 60.2 Å². The van der Waals surface area contributed by atoms with Gasteiger partial charge in [-0.2, -0.15) is 0 Å². The van der Waals surface area contributed by atoms with Gasteiger partial charge in [-0.3, -0.25) is 9.88 Å². The highest BCUT2D eigenvalue weighted by Crippen LogP contribution is 2.32. The summed E-state index contributed by atoms with van der Waals surface area (Å²) in [4.78, 5) is 25.8. The molecule has 1 aliphatic rings. The van der Waals surface area contributed by atoms with E-state index >= 15 is 0 Å². The summed E-state index contributed by atoms with van der Waals surface area (Å²) in [6.45, 7) is 1.12. The Morgan fingerprint density at radius 2 is 1.86 bits per heavy atom. The Morgan fingerprint density at radius 3 is 2.38 bits per heavy atom. The predicted octanol–water partition coefficient (Wildman–Crippen LogP) is 3.37. The molecule has 8 heteroatoms. The average Bonchev–Trinajstić information content (AvgIpc) is 3.13. The van der Waals surface area contributed by atoms with Crippen LogP contribution in [-0.4, -0.2) is 52.7 Å². The summed E-state index contributed by atoms with van der Waals surface area (Å²) >= 11 is 0. The van der Waals surface area contributed by atoms with Crippen molar-refractivity contribution in [2.75, 3.05) is 20.7 Å². The van der Waals surface area contributed by atoms with E-state index in [0.29, 0.717) is 18.2 Å². The number of ether oxygens (including phenoxy) is 1. The molecule has 7 nitrogen and oxygen atoms in total. The molecule has 0 radical (unpaired) electrons. The van der Waals surface area contributed by atoms with E-state index in [1.165, 1.54) is 25.2 Å². The van der Waals surface area contributed by atoms with Gasteiger partial charge in [-0.15, -0.1) is 0 Å². The minimum absolute atomic E-state index is 0.262. The van der Waals surface area contributed by atoms with E-state index in [1.54, 1.807) is 12.3 Å². The monoisotopic (exact) mass is 402 g/mol. The Labute approximate surface area is 168 Å². The highest BCUT2D eigenvalue weighted by molar-refractivity contribution is 5.89. The first-order valence-electron chi connectivity index (χ1n) is 8.95. The van der Waals surface area contributed by atoms with Crippen molar-refractivity contribution in [2.45, 2.75) is 18.9 Å². The van der Waals surface area contributed by atoms with Gasteiger partial charge in [0, 0.05) is 36.2 Å². The van der Waals surface area contributed by atoms with Crippen LogP contribution in [0.25, 0.3) is 11.1 Å². The molecule has 0 spiro atoms. The van der Waals surface area contributed by atoms with E-state index in [2.05, 4.69) is 23.0 Å². The molecule has 1 aromatic carbocycles. The Kier molecular flexibility index (Phi) is 7.85. The van der Waals surface area contributed by atoms with Crippen LogP contribution in [0.2, 0.25) is 0 Å². The minimum atomic E-state index is -1.26. The molecule has 1 aromatic heterocycles. The molecule has 2 heterocycles. The second kappa shape index (κ2) is 10.3. The van der Waals surface area contributed by atoms with Crippen LogP contribution < -0.4 is 4.74 Å². The van der Waals surface area contributed by atoms with Gasteiger partial charge in [-0.1, -0.05) is 6.07 Å². The number of pyridine rings is 1. The van der Waals surface area contributed by atoms with E-state index in [0.717, 1.165) is 24.1 Å². The first-order chi connectivity index (χ1) is 13.8. The van der Waals surface area contributed by atoms with Gasteiger partial charge in [-0.05, 0) is 55.8 Å². The molecule has 2 N–H and O–H groups in total. The summed E-state index contributed by atoms with van der Waals surface area (Å²) in [6, 6.07) is 7.54. The number of carboxylic acid groups (broad SMARTS) is 2. The molecule has 1 atom stereocenters. The second-order valence-electron chi connectivity index (χ2n) is 6.50. The molecule has 29 heavy (non-hydrogen) atoms. The smallest absolute Gasteiger partial charge is 0.328 e. The topological polar surface area (TPSA) is 100.0 Å². The maximum Gasteiger partial charge on any atom is 0.328 e. The third-order valence-electron chi connectivity index (χ3n) is 4.52. The van der Waals surface area contributed by atoms with E-state index in [1.807, 2.05) is 12.3 Å². The van der Waals surface area contributed by atoms with Crippen molar-refractivity contribution in [1.82, 2.24) is 9.88 Å². The average molecular weight is 402 g/mol. The number of methoxy groups -OCH3 is 1. The second-order valence-corrected chi connectivity index (χ2v) is 6.50. The zero-order valence-electron chi connectivity index (χ0n) is 16.2. The molecule has 1 fully saturated rings. The van der Waals surface area contributed by atoms with Crippen molar-refractivity contribution in [3.8, 4) is 16.9 Å². The van der Waals surface area contributed by atoms with Gasteiger partial charge in [0.1, 0.15) is 0 Å². The van der Waals surface area contributed by atoms with Crippen LogP contribution in [0.5, 0.6) is 5.75 Å². The van der Waals surface area contributed by atoms with Gasteiger partial charge < -0.3 is 14.9 Å². The molecule has 1 unspecified atom stereocenters. The molecule has 1 aliphatic heterocycles. The Balaban J connectivity index is 0.000000321. The zero-order chi connectivity index (χ0) is 21.4. The van der Waals surface area contributed by atoms with Crippen molar-refractivity contribution in [1.29, 1.82) is 0 Å². The van der Waals surface area contributed by atoms with E-state index < -0.39 is 11.9 Å². The number of benzene rings is 1. The number of aliphatic carboxylic acids is 2. The lowest BCUT2D eigenvalue weighted by Crippen LogP contribution is -2.17.